The number of hydrogen-bond acceptors (Lipinski definition) is 6. The van der Waals surface area contributed by atoms with Gasteiger partial charge in [-0.1, -0.05) is 47.5 Å². The predicted octanol–water partition coefficient (Wildman–Crippen LogP) is 6.82. The molecule has 0 heterocycles. The number of anilines is 1. The molecule has 0 aliphatic heterocycles. The lowest BCUT2D eigenvalue weighted by atomic mass is 9.86. The van der Waals surface area contributed by atoms with Crippen molar-refractivity contribution in [3.05, 3.63) is 105 Å². The Hall–Kier alpha value is -4.14. The van der Waals surface area contributed by atoms with Crippen LogP contribution in [0.5, 0.6) is 0 Å². The number of ether oxygens (including phenoxy) is 2. The fourth-order valence-corrected chi connectivity index (χ4v) is 5.50. The third-order valence-electron chi connectivity index (χ3n) is 6.94. The van der Waals surface area contributed by atoms with Crippen LogP contribution in [0.3, 0.4) is 0 Å². The second-order valence-corrected chi connectivity index (χ2v) is 12.2. The second-order valence-electron chi connectivity index (χ2n) is 11.4. The minimum atomic E-state index is -0.950. The van der Waals surface area contributed by atoms with Crippen molar-refractivity contribution in [2.24, 2.45) is 0 Å². The molecular weight excluding hydrogens is 603 g/mol. The molecule has 10 heteroatoms. The zero-order valence-corrected chi connectivity index (χ0v) is 26.5. The molecule has 1 atom stereocenters. The molecule has 230 valence electrons. The topological polar surface area (TPSA) is 111 Å². The summed E-state index contributed by atoms with van der Waals surface area (Å²) in [5, 5.41) is 6.02. The van der Waals surface area contributed by atoms with Crippen molar-refractivity contribution in [3.8, 4) is 0 Å². The Morgan fingerprint density at radius 3 is 2.25 bits per heavy atom. The van der Waals surface area contributed by atoms with Crippen molar-refractivity contribution >= 4 is 58.2 Å². The van der Waals surface area contributed by atoms with Crippen molar-refractivity contribution in [2.45, 2.75) is 58.1 Å². The number of amides is 2. The summed E-state index contributed by atoms with van der Waals surface area (Å²) < 4.78 is 10.4. The zero-order valence-electron chi connectivity index (χ0n) is 25.0. The molecule has 0 saturated heterocycles. The maximum absolute atomic E-state index is 13.3. The van der Waals surface area contributed by atoms with Crippen molar-refractivity contribution < 1.29 is 28.7 Å². The number of carbonyl (C=O) groups is 4. The smallest absolute Gasteiger partial charge is 0.331 e. The minimum Gasteiger partial charge on any atom is -0.467 e. The van der Waals surface area contributed by atoms with Crippen LogP contribution in [0.2, 0.25) is 10.0 Å². The van der Waals surface area contributed by atoms with Gasteiger partial charge in [0.05, 0.1) is 22.7 Å². The first-order valence-electron chi connectivity index (χ1n) is 14.1. The summed E-state index contributed by atoms with van der Waals surface area (Å²) in [5.74, 6) is -1.87. The Bertz CT molecular complexity index is 1590. The highest BCUT2D eigenvalue weighted by molar-refractivity contribution is 6.40. The lowest BCUT2D eigenvalue weighted by Gasteiger charge is -2.22. The quantitative estimate of drug-likeness (QED) is 0.207. The number of carbonyl (C=O) groups excluding carboxylic acids is 4. The van der Waals surface area contributed by atoms with Crippen LogP contribution in [0.15, 0.2) is 66.7 Å². The molecule has 1 aliphatic carbocycles. The standard InChI is InChI=1S/C34H34Cl2N2O6/c1-34(2,3)44-29(39)19-22-8-5-7-21-18-23(13-16-25(21)22)31(40)38-28(33(42)43-4)17-20-11-14-24(15-12-20)37-32(41)30-26(35)9-6-10-27(30)36/h6,9-16,18-19,28H,5,7-8,17H2,1-4H3,(H,37,41)(H,38,40)/t28-/m0/s1. The monoisotopic (exact) mass is 636 g/mol. The Kier molecular flexibility index (Phi) is 10.5. The van der Waals surface area contributed by atoms with Gasteiger partial charge in [-0.25, -0.2) is 9.59 Å². The zero-order chi connectivity index (χ0) is 32.0. The molecule has 0 spiro atoms. The first-order valence-corrected chi connectivity index (χ1v) is 14.9. The van der Waals surface area contributed by atoms with E-state index < -0.39 is 35.4 Å². The molecule has 0 unspecified atom stereocenters. The molecule has 0 saturated carbocycles. The number of allylic oxidation sites excluding steroid dienone is 1. The maximum Gasteiger partial charge on any atom is 0.331 e. The third kappa shape index (κ3) is 8.49. The first-order chi connectivity index (χ1) is 20.8. The number of nitrogens with one attached hydrogen (secondary N) is 2. The van der Waals surface area contributed by atoms with Crippen LogP contribution < -0.4 is 10.6 Å². The average Bonchev–Trinajstić information content (AvgIpc) is 2.96. The summed E-state index contributed by atoms with van der Waals surface area (Å²) in [5.41, 5.74) is 3.94. The van der Waals surface area contributed by atoms with Crippen molar-refractivity contribution in [1.29, 1.82) is 0 Å². The number of fused-ring (bicyclic) bond motifs is 1. The van der Waals surface area contributed by atoms with Gasteiger partial charge in [-0.15, -0.1) is 0 Å². The normalized spacial score (nSPS) is 14.3. The van der Waals surface area contributed by atoms with Crippen LogP contribution in [0.4, 0.5) is 5.69 Å². The van der Waals surface area contributed by atoms with E-state index >= 15 is 0 Å². The molecule has 44 heavy (non-hydrogen) atoms. The summed E-state index contributed by atoms with van der Waals surface area (Å²) in [6.45, 7) is 5.46. The highest BCUT2D eigenvalue weighted by Gasteiger charge is 2.25. The molecule has 3 aromatic carbocycles. The highest BCUT2D eigenvalue weighted by Crippen LogP contribution is 2.32. The van der Waals surface area contributed by atoms with Crippen LogP contribution in [-0.2, 0) is 31.9 Å². The van der Waals surface area contributed by atoms with E-state index in [1.807, 2.05) is 26.8 Å². The van der Waals surface area contributed by atoms with Crippen LogP contribution in [0.1, 0.15) is 71.0 Å². The number of halogens is 2. The molecule has 0 bridgehead atoms. The number of esters is 2. The van der Waals surface area contributed by atoms with Gasteiger partial charge in [0.2, 0.25) is 0 Å². The maximum atomic E-state index is 13.3. The molecule has 0 fully saturated rings. The van der Waals surface area contributed by atoms with Gasteiger partial charge in [0.25, 0.3) is 11.8 Å². The molecule has 8 nitrogen and oxygen atoms in total. The van der Waals surface area contributed by atoms with Gasteiger partial charge in [-0.2, -0.15) is 0 Å². The summed E-state index contributed by atoms with van der Waals surface area (Å²) in [4.78, 5) is 51.0. The van der Waals surface area contributed by atoms with E-state index in [2.05, 4.69) is 10.6 Å². The van der Waals surface area contributed by atoms with Gasteiger partial charge in [-0.05, 0) is 98.7 Å². The van der Waals surface area contributed by atoms with E-state index in [0.29, 0.717) is 11.3 Å². The minimum absolute atomic E-state index is 0.163. The van der Waals surface area contributed by atoms with E-state index in [1.165, 1.54) is 13.2 Å². The van der Waals surface area contributed by atoms with E-state index in [9.17, 15) is 19.2 Å². The third-order valence-corrected chi connectivity index (χ3v) is 7.57. The molecule has 0 aromatic heterocycles. The number of methoxy groups -OCH3 is 1. The van der Waals surface area contributed by atoms with E-state index in [1.54, 1.807) is 54.6 Å². The van der Waals surface area contributed by atoms with E-state index in [4.69, 9.17) is 32.7 Å². The van der Waals surface area contributed by atoms with Gasteiger partial charge in [-0.3, -0.25) is 9.59 Å². The largest absolute Gasteiger partial charge is 0.467 e. The number of aryl methyl sites for hydroxylation is 1. The van der Waals surface area contributed by atoms with Crippen LogP contribution in [0, 0.1) is 0 Å². The van der Waals surface area contributed by atoms with Gasteiger partial charge in [0.15, 0.2) is 0 Å². The Balaban J connectivity index is 1.44. The molecule has 0 radical (unpaired) electrons. The number of hydrogen-bond donors (Lipinski definition) is 2. The molecular formula is C34H34Cl2N2O6. The van der Waals surface area contributed by atoms with E-state index in [0.717, 1.165) is 41.5 Å². The summed E-state index contributed by atoms with van der Waals surface area (Å²) >= 11 is 12.3. The summed E-state index contributed by atoms with van der Waals surface area (Å²) in [7, 11) is 1.26. The molecule has 2 N–H and O–H groups in total. The number of benzene rings is 3. The Labute approximate surface area is 266 Å². The lowest BCUT2D eigenvalue weighted by Crippen LogP contribution is -2.43. The average molecular weight is 638 g/mol. The fraction of sp³-hybridized carbons (Fsp3) is 0.294. The molecule has 4 rings (SSSR count). The van der Waals surface area contributed by atoms with Crippen molar-refractivity contribution in [3.63, 3.8) is 0 Å². The lowest BCUT2D eigenvalue weighted by molar-refractivity contribution is -0.148. The van der Waals surface area contributed by atoms with Crippen LogP contribution in [0.25, 0.3) is 5.57 Å². The van der Waals surface area contributed by atoms with Crippen molar-refractivity contribution in [2.75, 3.05) is 12.4 Å². The van der Waals surface area contributed by atoms with Gasteiger partial charge in [0, 0.05) is 23.7 Å². The van der Waals surface area contributed by atoms with E-state index in [-0.39, 0.29) is 22.0 Å². The fourth-order valence-electron chi connectivity index (χ4n) is 4.93. The highest BCUT2D eigenvalue weighted by atomic mass is 35.5. The SMILES string of the molecule is COC(=O)[C@H](Cc1ccc(NC(=O)c2c(Cl)cccc2Cl)cc1)NC(=O)c1ccc2c(c1)CCCC2=CC(=O)OC(C)(C)C. The Morgan fingerprint density at radius 1 is 0.932 bits per heavy atom. The van der Waals surface area contributed by atoms with Gasteiger partial charge in [0.1, 0.15) is 11.6 Å². The van der Waals surface area contributed by atoms with Crippen LogP contribution in [-0.4, -0.2) is 42.5 Å². The summed E-state index contributed by atoms with van der Waals surface area (Å²) in [6, 6.07) is 16.0. The molecule has 3 aromatic rings. The second kappa shape index (κ2) is 14.1. The molecule has 2 amide bonds. The Morgan fingerprint density at radius 2 is 1.61 bits per heavy atom. The van der Waals surface area contributed by atoms with Crippen molar-refractivity contribution in [1.82, 2.24) is 5.32 Å². The van der Waals surface area contributed by atoms with Gasteiger partial charge >= 0.3 is 11.9 Å². The molecule has 1 aliphatic rings. The number of rotatable bonds is 8. The van der Waals surface area contributed by atoms with Gasteiger partial charge < -0.3 is 20.1 Å². The van der Waals surface area contributed by atoms with Crippen LogP contribution >= 0.6 is 23.2 Å². The first kappa shape index (κ1) is 32.8. The summed E-state index contributed by atoms with van der Waals surface area (Å²) in [6.07, 6.45) is 4.02. The predicted molar refractivity (Wildman–Crippen MR) is 171 cm³/mol.